The van der Waals surface area contributed by atoms with Crippen LogP contribution in [0.3, 0.4) is 0 Å². The van der Waals surface area contributed by atoms with Crippen LogP contribution in [0, 0.1) is 0 Å². The van der Waals surface area contributed by atoms with Crippen molar-refractivity contribution in [3.8, 4) is 11.5 Å². The zero-order chi connectivity index (χ0) is 18.4. The van der Waals surface area contributed by atoms with E-state index in [-0.39, 0.29) is 16.6 Å². The van der Waals surface area contributed by atoms with Crippen LogP contribution < -0.4 is 14.8 Å². The number of halogens is 1. The first-order valence-corrected chi connectivity index (χ1v) is 8.68. The van der Waals surface area contributed by atoms with Crippen LogP contribution in [0.25, 0.3) is 0 Å². The van der Waals surface area contributed by atoms with Crippen molar-refractivity contribution < 1.29 is 24.2 Å². The molecule has 0 radical (unpaired) electrons. The lowest BCUT2D eigenvalue weighted by atomic mass is 10.2. The van der Waals surface area contributed by atoms with Gasteiger partial charge in [-0.3, -0.25) is 4.79 Å². The van der Waals surface area contributed by atoms with E-state index in [2.05, 4.69) is 10.3 Å². The van der Waals surface area contributed by atoms with Gasteiger partial charge in [0.05, 0.1) is 23.7 Å². The number of carbonyl (C=O) groups is 2. The molecule has 1 aromatic carbocycles. The van der Waals surface area contributed by atoms with E-state index in [1.807, 2.05) is 6.92 Å². The van der Waals surface area contributed by atoms with Crippen LogP contribution in [0.1, 0.15) is 32.8 Å². The molecule has 0 fully saturated rings. The first-order chi connectivity index (χ1) is 12.0. The number of aromatic carboxylic acids is 1. The van der Waals surface area contributed by atoms with Crippen LogP contribution in [0.15, 0.2) is 17.5 Å². The van der Waals surface area contributed by atoms with E-state index in [1.165, 1.54) is 29.9 Å². The predicted octanol–water partition coefficient (Wildman–Crippen LogP) is 2.87. The Bertz CT molecular complexity index is 778. The molecule has 1 amide bonds. The fourth-order valence-electron chi connectivity index (χ4n) is 2.04. The number of rotatable bonds is 8. The van der Waals surface area contributed by atoms with Crippen molar-refractivity contribution >= 4 is 34.8 Å². The topological polar surface area (TPSA) is 97.8 Å². The molecule has 1 heterocycles. The van der Waals surface area contributed by atoms with E-state index in [0.29, 0.717) is 41.6 Å². The Morgan fingerprint density at radius 3 is 2.76 bits per heavy atom. The van der Waals surface area contributed by atoms with Crippen molar-refractivity contribution in [3.63, 3.8) is 0 Å². The molecule has 0 aliphatic heterocycles. The highest BCUT2D eigenvalue weighted by molar-refractivity contribution is 7.09. The Morgan fingerprint density at radius 2 is 2.16 bits per heavy atom. The van der Waals surface area contributed by atoms with Gasteiger partial charge in [-0.25, -0.2) is 9.78 Å². The lowest BCUT2D eigenvalue weighted by Crippen LogP contribution is -2.25. The monoisotopic (exact) mass is 384 g/mol. The van der Waals surface area contributed by atoms with Crippen LogP contribution in [-0.2, 0) is 6.42 Å². The maximum absolute atomic E-state index is 12.3. The maximum Gasteiger partial charge on any atom is 0.355 e. The van der Waals surface area contributed by atoms with Gasteiger partial charge in [0.25, 0.3) is 5.91 Å². The molecule has 134 valence electrons. The highest BCUT2D eigenvalue weighted by Crippen LogP contribution is 2.36. The highest BCUT2D eigenvalue weighted by atomic mass is 35.5. The Balaban J connectivity index is 2.00. The predicted molar refractivity (Wildman–Crippen MR) is 94.3 cm³/mol. The summed E-state index contributed by atoms with van der Waals surface area (Å²) < 4.78 is 10.6. The van der Waals surface area contributed by atoms with Crippen LogP contribution in [0.5, 0.6) is 11.5 Å². The van der Waals surface area contributed by atoms with E-state index in [0.717, 1.165) is 0 Å². The number of amides is 1. The minimum absolute atomic E-state index is 0.00866. The van der Waals surface area contributed by atoms with E-state index in [1.54, 1.807) is 6.07 Å². The van der Waals surface area contributed by atoms with Gasteiger partial charge in [-0.15, -0.1) is 11.3 Å². The number of hydrogen-bond donors (Lipinski definition) is 2. The second-order valence-electron chi connectivity index (χ2n) is 4.86. The highest BCUT2D eigenvalue weighted by Gasteiger charge is 2.16. The molecule has 0 unspecified atom stereocenters. The summed E-state index contributed by atoms with van der Waals surface area (Å²) >= 11 is 7.39. The molecule has 0 bridgehead atoms. The van der Waals surface area contributed by atoms with Gasteiger partial charge < -0.3 is 19.9 Å². The summed E-state index contributed by atoms with van der Waals surface area (Å²) in [6.45, 7) is 2.57. The SMILES string of the molecule is CCOc1c(Cl)cc(C(=O)NCCc2nc(C(=O)O)cs2)cc1OC. The minimum atomic E-state index is -1.07. The molecule has 2 aromatic rings. The molecule has 0 atom stereocenters. The van der Waals surface area contributed by atoms with Crippen LogP contribution in [0.2, 0.25) is 5.02 Å². The van der Waals surface area contributed by atoms with Gasteiger partial charge in [-0.05, 0) is 19.1 Å². The Morgan fingerprint density at radius 1 is 1.40 bits per heavy atom. The second-order valence-corrected chi connectivity index (χ2v) is 6.21. The normalized spacial score (nSPS) is 10.4. The molecule has 0 aliphatic carbocycles. The molecule has 0 saturated heterocycles. The number of nitrogens with one attached hydrogen (secondary N) is 1. The number of thiazole rings is 1. The van der Waals surface area contributed by atoms with Crippen molar-refractivity contribution in [1.29, 1.82) is 0 Å². The zero-order valence-electron chi connectivity index (χ0n) is 13.7. The largest absolute Gasteiger partial charge is 0.493 e. The van der Waals surface area contributed by atoms with Gasteiger partial charge in [-0.2, -0.15) is 0 Å². The summed E-state index contributed by atoms with van der Waals surface area (Å²) in [5.74, 6) is -0.612. The van der Waals surface area contributed by atoms with Gasteiger partial charge >= 0.3 is 5.97 Å². The summed E-state index contributed by atoms with van der Waals surface area (Å²) in [6.07, 6.45) is 0.436. The first kappa shape index (κ1) is 19.0. The summed E-state index contributed by atoms with van der Waals surface area (Å²) in [4.78, 5) is 27.0. The lowest BCUT2D eigenvalue weighted by Gasteiger charge is -2.13. The summed E-state index contributed by atoms with van der Waals surface area (Å²) in [7, 11) is 1.47. The summed E-state index contributed by atoms with van der Waals surface area (Å²) in [5.41, 5.74) is 0.352. The average molecular weight is 385 g/mol. The van der Waals surface area contributed by atoms with Gasteiger partial charge in [0.1, 0.15) is 0 Å². The third kappa shape index (κ3) is 4.83. The number of aromatic nitrogens is 1. The van der Waals surface area contributed by atoms with Crippen molar-refractivity contribution in [2.24, 2.45) is 0 Å². The Kier molecular flexibility index (Phi) is 6.60. The average Bonchev–Trinajstić information content (AvgIpc) is 3.05. The van der Waals surface area contributed by atoms with Crippen molar-refractivity contribution in [1.82, 2.24) is 10.3 Å². The molecule has 0 aliphatic rings. The maximum atomic E-state index is 12.3. The van der Waals surface area contributed by atoms with Gasteiger partial charge in [0, 0.05) is 23.9 Å². The first-order valence-electron chi connectivity index (χ1n) is 7.42. The Labute approximate surface area is 153 Å². The summed E-state index contributed by atoms with van der Waals surface area (Å²) in [6, 6.07) is 3.06. The number of carboxylic acids is 1. The number of carbonyl (C=O) groups excluding carboxylic acids is 1. The number of methoxy groups -OCH3 is 1. The Hall–Kier alpha value is -2.32. The van der Waals surface area contributed by atoms with Crippen molar-refractivity contribution in [3.05, 3.63) is 38.8 Å². The van der Waals surface area contributed by atoms with Crippen LogP contribution >= 0.6 is 22.9 Å². The smallest absolute Gasteiger partial charge is 0.355 e. The third-order valence-electron chi connectivity index (χ3n) is 3.18. The van der Waals surface area contributed by atoms with Crippen molar-refractivity contribution in [2.75, 3.05) is 20.3 Å². The molecule has 7 nitrogen and oxygen atoms in total. The molecular weight excluding hydrogens is 368 g/mol. The van der Waals surface area contributed by atoms with Crippen LogP contribution in [0.4, 0.5) is 0 Å². The van der Waals surface area contributed by atoms with E-state index >= 15 is 0 Å². The van der Waals surface area contributed by atoms with Gasteiger partial charge in [0.2, 0.25) is 0 Å². The molecule has 1 aromatic heterocycles. The number of hydrogen-bond acceptors (Lipinski definition) is 6. The van der Waals surface area contributed by atoms with Crippen LogP contribution in [-0.4, -0.2) is 42.2 Å². The number of ether oxygens (including phenoxy) is 2. The fraction of sp³-hybridized carbons (Fsp3) is 0.312. The fourth-order valence-corrected chi connectivity index (χ4v) is 3.08. The third-order valence-corrected chi connectivity index (χ3v) is 4.36. The molecule has 0 spiro atoms. The quantitative estimate of drug-likeness (QED) is 0.726. The van der Waals surface area contributed by atoms with Gasteiger partial charge in [-0.1, -0.05) is 11.6 Å². The van der Waals surface area contributed by atoms with E-state index < -0.39 is 5.97 Å². The zero-order valence-corrected chi connectivity index (χ0v) is 15.2. The van der Waals surface area contributed by atoms with Gasteiger partial charge in [0.15, 0.2) is 17.2 Å². The lowest BCUT2D eigenvalue weighted by molar-refractivity contribution is 0.0690. The van der Waals surface area contributed by atoms with E-state index in [9.17, 15) is 9.59 Å². The molecular formula is C16H17ClN2O5S. The number of nitrogens with zero attached hydrogens (tertiary/aromatic N) is 1. The van der Waals surface area contributed by atoms with E-state index in [4.69, 9.17) is 26.2 Å². The minimum Gasteiger partial charge on any atom is -0.493 e. The number of carboxylic acid groups (broad SMARTS) is 1. The number of benzene rings is 1. The molecule has 0 saturated carbocycles. The molecule has 9 heteroatoms. The van der Waals surface area contributed by atoms with Crippen molar-refractivity contribution in [2.45, 2.75) is 13.3 Å². The second kappa shape index (κ2) is 8.68. The molecule has 2 N–H and O–H groups in total. The standard InChI is InChI=1S/C16H17ClN2O5S/c1-3-24-14-10(17)6-9(7-12(14)23-2)15(20)18-5-4-13-19-11(8-25-13)16(21)22/h6-8H,3-5H2,1-2H3,(H,18,20)(H,21,22). The molecule has 2 rings (SSSR count). The molecule has 25 heavy (non-hydrogen) atoms. The summed E-state index contributed by atoms with van der Waals surface area (Å²) in [5, 5.41) is 14.0.